The van der Waals surface area contributed by atoms with Gasteiger partial charge >= 0.3 is 11.9 Å². The average molecular weight is 457 g/mol. The smallest absolute Gasteiger partial charge is 0.344 e. The fourth-order valence-electron chi connectivity index (χ4n) is 4.90. The van der Waals surface area contributed by atoms with Crippen LogP contribution in [0.2, 0.25) is 0 Å². The van der Waals surface area contributed by atoms with Crippen molar-refractivity contribution < 1.29 is 19.1 Å². The van der Waals surface area contributed by atoms with Gasteiger partial charge in [-0.2, -0.15) is 0 Å². The molecule has 0 aliphatic carbocycles. The van der Waals surface area contributed by atoms with Gasteiger partial charge in [0, 0.05) is 12.0 Å². The Morgan fingerprint density at radius 3 is 2.03 bits per heavy atom. The Kier molecular flexibility index (Phi) is 5.89. The van der Waals surface area contributed by atoms with Crippen molar-refractivity contribution in [1.82, 2.24) is 0 Å². The van der Waals surface area contributed by atoms with E-state index in [9.17, 15) is 9.59 Å². The van der Waals surface area contributed by atoms with Crippen molar-refractivity contribution >= 4 is 11.9 Å². The molecule has 4 nitrogen and oxygen atoms in total. The summed E-state index contributed by atoms with van der Waals surface area (Å²) < 4.78 is 11.9. The lowest BCUT2D eigenvalue weighted by atomic mass is 9.84. The normalized spacial score (nSPS) is 13.0. The molecule has 0 atom stereocenters. The first-order valence-corrected chi connectivity index (χ1v) is 11.6. The lowest BCUT2D eigenvalue weighted by Crippen LogP contribution is -2.17. The topological polar surface area (TPSA) is 52.6 Å². The first kappa shape index (κ1) is 23.7. The van der Waals surface area contributed by atoms with E-state index in [0.29, 0.717) is 23.3 Å². The molecule has 1 aliphatic heterocycles. The number of fused-ring (bicyclic) bond motifs is 2. The summed E-state index contributed by atoms with van der Waals surface area (Å²) in [6.45, 7) is 16.1. The van der Waals surface area contributed by atoms with Crippen LogP contribution in [0.4, 0.5) is 0 Å². The molecule has 4 heteroatoms. The molecule has 0 bridgehead atoms. The highest BCUT2D eigenvalue weighted by molar-refractivity contribution is 5.97. The van der Waals surface area contributed by atoms with E-state index in [1.807, 2.05) is 65.0 Å². The van der Waals surface area contributed by atoms with E-state index in [-0.39, 0.29) is 11.2 Å². The van der Waals surface area contributed by atoms with Crippen LogP contribution in [0, 0.1) is 34.6 Å². The highest BCUT2D eigenvalue weighted by Crippen LogP contribution is 2.41. The third-order valence-electron chi connectivity index (χ3n) is 6.42. The Morgan fingerprint density at radius 2 is 1.41 bits per heavy atom. The fourth-order valence-corrected chi connectivity index (χ4v) is 4.90. The fraction of sp³-hybridized carbons (Fsp3) is 0.333. The Hall–Kier alpha value is -3.40. The highest BCUT2D eigenvalue weighted by atomic mass is 16.6. The number of rotatable bonds is 2. The number of aryl methyl sites for hydroxylation is 5. The van der Waals surface area contributed by atoms with Crippen molar-refractivity contribution in [2.75, 3.05) is 0 Å². The van der Waals surface area contributed by atoms with Crippen molar-refractivity contribution in [2.45, 2.75) is 67.2 Å². The van der Waals surface area contributed by atoms with Crippen LogP contribution in [0.25, 0.3) is 0 Å². The van der Waals surface area contributed by atoms with Gasteiger partial charge in [-0.3, -0.25) is 0 Å². The summed E-state index contributed by atoms with van der Waals surface area (Å²) >= 11 is 0. The minimum atomic E-state index is -0.451. The first-order chi connectivity index (χ1) is 15.8. The second-order valence-corrected chi connectivity index (χ2v) is 10.6. The zero-order valence-electron chi connectivity index (χ0n) is 21.3. The summed E-state index contributed by atoms with van der Waals surface area (Å²) in [5.74, 6) is -0.271. The lowest BCUT2D eigenvalue weighted by Gasteiger charge is -2.23. The number of carbonyl (C=O) groups excluding carboxylic acids is 2. The average Bonchev–Trinajstić information content (AvgIpc) is 2.81. The highest BCUT2D eigenvalue weighted by Gasteiger charge is 2.30. The molecular weight excluding hydrogens is 424 g/mol. The molecule has 34 heavy (non-hydrogen) atoms. The summed E-state index contributed by atoms with van der Waals surface area (Å²) in [5, 5.41) is 0. The summed E-state index contributed by atoms with van der Waals surface area (Å²) in [7, 11) is 0. The van der Waals surface area contributed by atoms with Gasteiger partial charge in [-0.1, -0.05) is 62.2 Å². The molecule has 1 aliphatic rings. The number of benzene rings is 3. The predicted octanol–water partition coefficient (Wildman–Crippen LogP) is 6.87. The molecular formula is C30H32O4. The molecule has 0 radical (unpaired) electrons. The maximum absolute atomic E-state index is 13.3. The van der Waals surface area contributed by atoms with E-state index in [1.165, 1.54) is 0 Å². The van der Waals surface area contributed by atoms with Crippen LogP contribution in [-0.2, 0) is 11.8 Å². The van der Waals surface area contributed by atoms with E-state index < -0.39 is 11.9 Å². The number of carbonyl (C=O) groups is 2. The molecule has 176 valence electrons. The van der Waals surface area contributed by atoms with Crippen LogP contribution in [0.3, 0.4) is 0 Å². The number of ether oxygens (including phenoxy) is 2. The largest absolute Gasteiger partial charge is 0.419 e. The molecule has 0 spiro atoms. The Morgan fingerprint density at radius 1 is 0.824 bits per heavy atom. The molecule has 4 rings (SSSR count). The molecule has 0 saturated heterocycles. The van der Waals surface area contributed by atoms with Crippen molar-refractivity contribution in [3.63, 3.8) is 0 Å². The van der Waals surface area contributed by atoms with Crippen LogP contribution in [0.1, 0.15) is 86.0 Å². The summed E-state index contributed by atoms with van der Waals surface area (Å²) in [6, 6.07) is 11.9. The molecule has 0 aromatic heterocycles. The Labute approximate surface area is 201 Å². The summed E-state index contributed by atoms with van der Waals surface area (Å²) in [5.41, 5.74) is 8.49. The first-order valence-electron chi connectivity index (χ1n) is 11.6. The third kappa shape index (κ3) is 4.37. The third-order valence-corrected chi connectivity index (χ3v) is 6.42. The van der Waals surface area contributed by atoms with Crippen LogP contribution in [-0.4, -0.2) is 11.9 Å². The van der Waals surface area contributed by atoms with Crippen molar-refractivity contribution in [3.8, 4) is 11.5 Å². The summed E-state index contributed by atoms with van der Waals surface area (Å²) in [4.78, 5) is 26.5. The Bertz CT molecular complexity index is 1320. The molecule has 1 heterocycles. The van der Waals surface area contributed by atoms with E-state index >= 15 is 0 Å². The standard InChI is InChI=1S/C30H32O4/c1-16-9-18(3)25(19(4)10-16)28(31)33-24-15-23(30(6,7)8)14-22-13-21-12-17(2)11-20(5)26(21)29(32)34-27(22)24/h9-12,14-15H,13H2,1-8H3. The van der Waals surface area contributed by atoms with Gasteiger partial charge in [0.05, 0.1) is 11.1 Å². The zero-order valence-corrected chi connectivity index (χ0v) is 21.3. The van der Waals surface area contributed by atoms with Crippen LogP contribution in [0.15, 0.2) is 36.4 Å². The Balaban J connectivity index is 1.86. The molecule has 0 amide bonds. The van der Waals surface area contributed by atoms with Crippen LogP contribution in [0.5, 0.6) is 11.5 Å². The minimum Gasteiger partial charge on any atom is -0.419 e. The van der Waals surface area contributed by atoms with Crippen molar-refractivity contribution in [2.24, 2.45) is 0 Å². The van der Waals surface area contributed by atoms with Gasteiger partial charge < -0.3 is 9.47 Å². The quantitative estimate of drug-likeness (QED) is 0.312. The zero-order chi connectivity index (χ0) is 24.9. The monoisotopic (exact) mass is 456 g/mol. The SMILES string of the molecule is Cc1cc(C)c(C(=O)Oc2cc(C(C)(C)C)cc3c2OC(=O)c2c(C)cc(C)cc2C3)c(C)c1. The van der Waals surface area contributed by atoms with Crippen LogP contribution >= 0.6 is 0 Å². The van der Waals surface area contributed by atoms with E-state index in [1.54, 1.807) is 0 Å². The maximum atomic E-state index is 13.3. The lowest BCUT2D eigenvalue weighted by molar-refractivity contribution is 0.0681. The molecule has 3 aromatic carbocycles. The second kappa shape index (κ2) is 8.43. The van der Waals surface area contributed by atoms with E-state index in [4.69, 9.17) is 9.47 Å². The van der Waals surface area contributed by atoms with Gasteiger partial charge in [0.2, 0.25) is 0 Å². The molecule has 0 fully saturated rings. The predicted molar refractivity (Wildman–Crippen MR) is 134 cm³/mol. The molecule has 3 aromatic rings. The van der Waals surface area contributed by atoms with Gasteiger partial charge in [-0.05, 0) is 73.9 Å². The maximum Gasteiger partial charge on any atom is 0.344 e. The molecule has 0 N–H and O–H groups in total. The van der Waals surface area contributed by atoms with Gasteiger partial charge in [0.1, 0.15) is 0 Å². The molecule has 0 saturated carbocycles. The van der Waals surface area contributed by atoms with Gasteiger partial charge in [0.25, 0.3) is 0 Å². The van der Waals surface area contributed by atoms with Crippen molar-refractivity contribution in [3.05, 3.63) is 92.0 Å². The van der Waals surface area contributed by atoms with Crippen LogP contribution < -0.4 is 9.47 Å². The van der Waals surface area contributed by atoms with Gasteiger partial charge in [-0.25, -0.2) is 9.59 Å². The van der Waals surface area contributed by atoms with Gasteiger partial charge in [0.15, 0.2) is 11.5 Å². The second-order valence-electron chi connectivity index (χ2n) is 10.6. The summed E-state index contributed by atoms with van der Waals surface area (Å²) in [6.07, 6.45) is 0.524. The van der Waals surface area contributed by atoms with Crippen molar-refractivity contribution in [1.29, 1.82) is 0 Å². The molecule has 0 unspecified atom stereocenters. The number of hydrogen-bond acceptors (Lipinski definition) is 4. The van der Waals surface area contributed by atoms with Gasteiger partial charge in [-0.15, -0.1) is 0 Å². The number of esters is 2. The van der Waals surface area contributed by atoms with E-state index in [0.717, 1.165) is 44.5 Å². The minimum absolute atomic E-state index is 0.187. The van der Waals surface area contributed by atoms with E-state index in [2.05, 4.69) is 26.8 Å². The number of hydrogen-bond donors (Lipinski definition) is 0.